The molecule has 1 aromatic heterocycles. The Morgan fingerprint density at radius 1 is 1.14 bits per heavy atom. The summed E-state index contributed by atoms with van der Waals surface area (Å²) in [4.78, 5) is 0. The van der Waals surface area contributed by atoms with Crippen molar-refractivity contribution in [1.29, 1.82) is 0 Å². The maximum absolute atomic E-state index is 13.7. The van der Waals surface area contributed by atoms with Crippen LogP contribution < -0.4 is 5.73 Å². The molecule has 3 rings (SSSR count). The van der Waals surface area contributed by atoms with E-state index in [0.29, 0.717) is 21.3 Å². The summed E-state index contributed by atoms with van der Waals surface area (Å²) in [6, 6.07) is 12.6. The van der Waals surface area contributed by atoms with Crippen molar-refractivity contribution in [2.75, 3.05) is 5.73 Å². The second-order valence-corrected chi connectivity index (χ2v) is 5.53. The minimum Gasteiger partial charge on any atom is -0.367 e. The first-order valence-corrected chi connectivity index (χ1v) is 7.14. The van der Waals surface area contributed by atoms with E-state index in [0.717, 1.165) is 11.1 Å². The molecule has 0 spiro atoms. The topological polar surface area (TPSA) is 52.0 Å². The van der Waals surface area contributed by atoms with E-state index in [1.54, 1.807) is 12.1 Å². The van der Waals surface area contributed by atoms with Crippen molar-refractivity contribution in [3.8, 4) is 22.4 Å². The first-order chi connectivity index (χ1) is 10.1. The zero-order valence-corrected chi connectivity index (χ0v) is 12.8. The van der Waals surface area contributed by atoms with Gasteiger partial charge in [-0.3, -0.25) is 0 Å². The van der Waals surface area contributed by atoms with E-state index in [1.807, 2.05) is 31.2 Å². The van der Waals surface area contributed by atoms with Gasteiger partial charge in [-0.25, -0.2) is 4.39 Å². The van der Waals surface area contributed by atoms with Crippen molar-refractivity contribution in [2.24, 2.45) is 0 Å². The molecular formula is C16H12BrFN2O. The molecule has 0 aliphatic carbocycles. The molecule has 0 fully saturated rings. The normalized spacial score (nSPS) is 10.8. The van der Waals surface area contributed by atoms with Gasteiger partial charge in [0.1, 0.15) is 11.5 Å². The van der Waals surface area contributed by atoms with Crippen molar-refractivity contribution in [2.45, 2.75) is 6.92 Å². The van der Waals surface area contributed by atoms with Crippen LogP contribution in [0.3, 0.4) is 0 Å². The quantitative estimate of drug-likeness (QED) is 0.724. The largest absolute Gasteiger partial charge is 0.367 e. The number of aryl methyl sites for hydroxylation is 1. The standard InChI is InChI=1S/C16H12BrFN2O/c1-9-5-7-10(8-6-9)13-15(20-21-16(13)19)11-3-2-4-12(18)14(11)17/h2-8H,19H2,1H3. The lowest BCUT2D eigenvalue weighted by atomic mass is 10.00. The number of hydrogen-bond donors (Lipinski definition) is 1. The summed E-state index contributed by atoms with van der Waals surface area (Å²) < 4.78 is 19.2. The van der Waals surface area contributed by atoms with Gasteiger partial charge in [-0.2, -0.15) is 0 Å². The van der Waals surface area contributed by atoms with E-state index in [-0.39, 0.29) is 11.7 Å². The van der Waals surface area contributed by atoms with Crippen LogP contribution in [0.5, 0.6) is 0 Å². The maximum Gasteiger partial charge on any atom is 0.230 e. The van der Waals surface area contributed by atoms with Crippen molar-refractivity contribution < 1.29 is 8.91 Å². The number of hydrogen-bond acceptors (Lipinski definition) is 3. The van der Waals surface area contributed by atoms with Crippen molar-refractivity contribution >= 4 is 21.8 Å². The molecule has 3 aromatic rings. The highest BCUT2D eigenvalue weighted by molar-refractivity contribution is 9.10. The van der Waals surface area contributed by atoms with Crippen LogP contribution in [-0.4, -0.2) is 5.16 Å². The van der Waals surface area contributed by atoms with Crippen molar-refractivity contribution in [1.82, 2.24) is 5.16 Å². The number of halogens is 2. The van der Waals surface area contributed by atoms with Crippen LogP contribution in [0.1, 0.15) is 5.56 Å². The molecule has 0 saturated heterocycles. The van der Waals surface area contributed by atoms with Crippen molar-refractivity contribution in [3.63, 3.8) is 0 Å². The highest BCUT2D eigenvalue weighted by Crippen LogP contribution is 2.39. The number of rotatable bonds is 2. The first kappa shape index (κ1) is 13.8. The molecule has 0 aliphatic rings. The van der Waals surface area contributed by atoms with Crippen LogP contribution in [-0.2, 0) is 0 Å². The Kier molecular flexibility index (Phi) is 3.51. The van der Waals surface area contributed by atoms with Gasteiger partial charge in [-0.15, -0.1) is 0 Å². The molecule has 0 aliphatic heterocycles. The molecule has 3 nitrogen and oxygen atoms in total. The molecular weight excluding hydrogens is 335 g/mol. The highest BCUT2D eigenvalue weighted by atomic mass is 79.9. The fraction of sp³-hybridized carbons (Fsp3) is 0.0625. The zero-order chi connectivity index (χ0) is 15.0. The maximum atomic E-state index is 13.7. The predicted molar refractivity (Wildman–Crippen MR) is 84.2 cm³/mol. The zero-order valence-electron chi connectivity index (χ0n) is 11.2. The van der Waals surface area contributed by atoms with Gasteiger partial charge in [-0.1, -0.05) is 47.1 Å². The van der Waals surface area contributed by atoms with E-state index < -0.39 is 0 Å². The monoisotopic (exact) mass is 346 g/mol. The number of benzene rings is 2. The summed E-state index contributed by atoms with van der Waals surface area (Å²) in [7, 11) is 0. The summed E-state index contributed by atoms with van der Waals surface area (Å²) in [5.41, 5.74) is 9.71. The lowest BCUT2D eigenvalue weighted by molar-refractivity contribution is 0.439. The minimum absolute atomic E-state index is 0.213. The lowest BCUT2D eigenvalue weighted by Gasteiger charge is -2.06. The summed E-state index contributed by atoms with van der Waals surface area (Å²) in [6.45, 7) is 2.00. The van der Waals surface area contributed by atoms with E-state index in [9.17, 15) is 4.39 Å². The van der Waals surface area contributed by atoms with E-state index >= 15 is 0 Å². The Morgan fingerprint density at radius 2 is 1.86 bits per heavy atom. The number of anilines is 1. The van der Waals surface area contributed by atoms with Crippen LogP contribution in [0.4, 0.5) is 10.3 Å². The molecule has 21 heavy (non-hydrogen) atoms. The fourth-order valence-electron chi connectivity index (χ4n) is 2.17. The molecule has 2 N–H and O–H groups in total. The number of nitrogens with two attached hydrogens (primary N) is 1. The summed E-state index contributed by atoms with van der Waals surface area (Å²) in [5, 5.41) is 3.99. The van der Waals surface area contributed by atoms with E-state index in [2.05, 4.69) is 21.1 Å². The van der Waals surface area contributed by atoms with Crippen LogP contribution in [0.25, 0.3) is 22.4 Å². The third kappa shape index (κ3) is 2.45. The molecule has 1 heterocycles. The van der Waals surface area contributed by atoms with Crippen LogP contribution in [0, 0.1) is 12.7 Å². The SMILES string of the molecule is Cc1ccc(-c2c(-c3cccc(F)c3Br)noc2N)cc1. The highest BCUT2D eigenvalue weighted by Gasteiger charge is 2.20. The molecule has 0 unspecified atom stereocenters. The smallest absolute Gasteiger partial charge is 0.230 e. The van der Waals surface area contributed by atoms with Crippen LogP contribution in [0.15, 0.2) is 51.5 Å². The van der Waals surface area contributed by atoms with Crippen LogP contribution >= 0.6 is 15.9 Å². The fourth-order valence-corrected chi connectivity index (χ4v) is 2.62. The molecule has 0 saturated carbocycles. The first-order valence-electron chi connectivity index (χ1n) is 6.34. The molecule has 0 atom stereocenters. The lowest BCUT2D eigenvalue weighted by Crippen LogP contribution is -1.90. The average molecular weight is 347 g/mol. The Hall–Kier alpha value is -2.14. The Balaban J connectivity index is 2.22. The molecule has 0 radical (unpaired) electrons. The third-order valence-electron chi connectivity index (χ3n) is 3.27. The molecule has 0 bridgehead atoms. The second kappa shape index (κ2) is 5.33. The number of nitrogen functional groups attached to an aromatic ring is 1. The van der Waals surface area contributed by atoms with Gasteiger partial charge in [0.05, 0.1) is 10.0 Å². The molecule has 106 valence electrons. The van der Waals surface area contributed by atoms with Crippen LogP contribution in [0.2, 0.25) is 0 Å². The molecule has 0 amide bonds. The number of aromatic nitrogens is 1. The predicted octanol–water partition coefficient (Wildman–Crippen LogP) is 4.80. The van der Waals surface area contributed by atoms with Gasteiger partial charge in [-0.05, 0) is 34.5 Å². The Bertz CT molecular complexity index is 797. The third-order valence-corrected chi connectivity index (χ3v) is 4.07. The van der Waals surface area contributed by atoms with Gasteiger partial charge >= 0.3 is 0 Å². The number of nitrogens with zero attached hydrogens (tertiary/aromatic N) is 1. The van der Waals surface area contributed by atoms with Gasteiger partial charge < -0.3 is 10.3 Å². The van der Waals surface area contributed by atoms with E-state index in [4.69, 9.17) is 10.3 Å². The average Bonchev–Trinajstić information content (AvgIpc) is 2.85. The molecule has 2 aromatic carbocycles. The Labute approximate surface area is 129 Å². The summed E-state index contributed by atoms with van der Waals surface area (Å²) in [5.74, 6) is -0.144. The van der Waals surface area contributed by atoms with Gasteiger partial charge in [0.25, 0.3) is 0 Å². The van der Waals surface area contributed by atoms with Gasteiger partial charge in [0.2, 0.25) is 5.88 Å². The van der Waals surface area contributed by atoms with Gasteiger partial charge in [0.15, 0.2) is 0 Å². The summed E-state index contributed by atoms with van der Waals surface area (Å²) in [6.07, 6.45) is 0. The Morgan fingerprint density at radius 3 is 2.57 bits per heavy atom. The second-order valence-electron chi connectivity index (χ2n) is 4.74. The van der Waals surface area contributed by atoms with Crippen molar-refractivity contribution in [3.05, 3.63) is 58.3 Å². The molecule has 5 heteroatoms. The van der Waals surface area contributed by atoms with E-state index in [1.165, 1.54) is 6.07 Å². The van der Waals surface area contributed by atoms with Gasteiger partial charge in [0, 0.05) is 5.56 Å². The summed E-state index contributed by atoms with van der Waals surface area (Å²) >= 11 is 3.25. The minimum atomic E-state index is -0.357.